The zero-order valence-corrected chi connectivity index (χ0v) is 4.97. The van der Waals surface area contributed by atoms with Crippen molar-refractivity contribution in [3.05, 3.63) is 12.7 Å². The van der Waals surface area contributed by atoms with Crippen molar-refractivity contribution in [3.63, 3.8) is 0 Å². The molecule has 0 radical (unpaired) electrons. The van der Waals surface area contributed by atoms with Gasteiger partial charge in [-0.3, -0.25) is 0 Å². The topological polar surface area (TPSA) is 81.4 Å². The Kier molecular flexibility index (Phi) is 0.717. The Morgan fingerprint density at radius 2 is 2.30 bits per heavy atom. The molecule has 6 nitrogen and oxygen atoms in total. The normalized spacial score (nSPS) is 10.8. The maximum Gasteiger partial charge on any atom is 0.215 e. The summed E-state index contributed by atoms with van der Waals surface area (Å²) >= 11 is 0. The fourth-order valence-electron chi connectivity index (χ4n) is 0.813. The van der Waals surface area contributed by atoms with Crippen molar-refractivity contribution in [2.75, 3.05) is 5.73 Å². The maximum absolute atomic E-state index is 8.99. The molecule has 0 unspecified atom stereocenters. The van der Waals surface area contributed by atoms with E-state index in [2.05, 4.69) is 10.1 Å². The number of imidazole rings is 1. The van der Waals surface area contributed by atoms with Gasteiger partial charge in [-0.2, -0.15) is 14.3 Å². The molecule has 6 heteroatoms. The summed E-state index contributed by atoms with van der Waals surface area (Å²) in [7, 11) is 0. The van der Waals surface area contributed by atoms with Gasteiger partial charge in [0.15, 0.2) is 12.1 Å². The third-order valence-electron chi connectivity index (χ3n) is 1.25. The van der Waals surface area contributed by atoms with Crippen LogP contribution < -0.4 is 5.73 Å². The van der Waals surface area contributed by atoms with Crippen LogP contribution in [0.5, 0.6) is 0 Å². The highest BCUT2D eigenvalue weighted by molar-refractivity contribution is 5.59. The zero-order valence-electron chi connectivity index (χ0n) is 4.97. The van der Waals surface area contributed by atoms with Gasteiger partial charge < -0.3 is 10.9 Å². The molecule has 0 aliphatic rings. The molecular formula is C4H5N5O. The van der Waals surface area contributed by atoms with Crippen LogP contribution in [0.3, 0.4) is 0 Å². The van der Waals surface area contributed by atoms with Gasteiger partial charge in [0.1, 0.15) is 6.33 Å². The fourth-order valence-corrected chi connectivity index (χ4v) is 0.813. The molecule has 0 bridgehead atoms. The van der Waals surface area contributed by atoms with Crippen molar-refractivity contribution in [1.82, 2.24) is 19.3 Å². The van der Waals surface area contributed by atoms with Gasteiger partial charge in [-0.1, -0.05) is 0 Å². The maximum atomic E-state index is 8.99. The van der Waals surface area contributed by atoms with E-state index in [0.717, 1.165) is 4.73 Å². The highest BCUT2D eigenvalue weighted by Crippen LogP contribution is 2.07. The van der Waals surface area contributed by atoms with Crippen LogP contribution in [0.1, 0.15) is 0 Å². The van der Waals surface area contributed by atoms with Gasteiger partial charge in [-0.25, -0.2) is 4.98 Å². The molecule has 2 heterocycles. The van der Waals surface area contributed by atoms with Gasteiger partial charge in [0.05, 0.1) is 0 Å². The zero-order chi connectivity index (χ0) is 7.14. The van der Waals surface area contributed by atoms with Gasteiger partial charge >= 0.3 is 0 Å². The second-order valence-electron chi connectivity index (χ2n) is 1.87. The molecule has 10 heavy (non-hydrogen) atoms. The first-order valence-electron chi connectivity index (χ1n) is 2.64. The summed E-state index contributed by atoms with van der Waals surface area (Å²) in [6.07, 6.45) is 2.67. The van der Waals surface area contributed by atoms with Crippen LogP contribution in [0.4, 0.5) is 5.82 Å². The number of nitrogens with zero attached hydrogens (tertiary/aromatic N) is 4. The first-order valence-corrected chi connectivity index (χ1v) is 2.64. The van der Waals surface area contributed by atoms with E-state index in [1.54, 1.807) is 0 Å². The average molecular weight is 139 g/mol. The van der Waals surface area contributed by atoms with E-state index in [1.807, 2.05) is 0 Å². The summed E-state index contributed by atoms with van der Waals surface area (Å²) in [5.74, 6) is 0.264. The van der Waals surface area contributed by atoms with E-state index in [-0.39, 0.29) is 5.82 Å². The second kappa shape index (κ2) is 1.41. The Balaban J connectivity index is 2.98. The molecule has 52 valence electrons. The molecule has 0 saturated heterocycles. The molecule has 3 N–H and O–H groups in total. The van der Waals surface area contributed by atoms with Crippen LogP contribution in [0.15, 0.2) is 12.7 Å². The molecule has 0 amide bonds. The Morgan fingerprint density at radius 1 is 1.50 bits per heavy atom. The molecule has 2 aromatic rings. The number of fused-ring (bicyclic) bond motifs is 1. The van der Waals surface area contributed by atoms with E-state index >= 15 is 0 Å². The summed E-state index contributed by atoms with van der Waals surface area (Å²) in [5.41, 5.74) is 5.76. The Labute approximate surface area is 55.5 Å². The summed E-state index contributed by atoms with van der Waals surface area (Å²) in [6, 6.07) is 0. The Bertz CT molecular complexity index is 329. The molecule has 0 atom stereocenters. The summed E-state index contributed by atoms with van der Waals surface area (Å²) in [6.45, 7) is 0. The lowest BCUT2D eigenvalue weighted by atomic mass is 10.7. The number of nitrogens with two attached hydrogens (primary N) is 1. The first-order chi connectivity index (χ1) is 4.79. The summed E-state index contributed by atoms with van der Waals surface area (Å²) < 4.78 is 2.21. The van der Waals surface area contributed by atoms with Crippen molar-refractivity contribution >= 4 is 11.5 Å². The number of hydrogen-bond acceptors (Lipinski definition) is 4. The number of hydrogen-bond donors (Lipinski definition) is 2. The van der Waals surface area contributed by atoms with Crippen LogP contribution >= 0.6 is 0 Å². The summed E-state index contributed by atoms with van der Waals surface area (Å²) in [4.78, 5) is 3.71. The van der Waals surface area contributed by atoms with Crippen LogP contribution in [0, 0.1) is 0 Å². The van der Waals surface area contributed by atoms with Crippen LogP contribution in [0.2, 0.25) is 0 Å². The van der Waals surface area contributed by atoms with E-state index in [1.165, 1.54) is 17.2 Å². The average Bonchev–Trinajstić information content (AvgIpc) is 2.40. The van der Waals surface area contributed by atoms with Crippen LogP contribution in [-0.4, -0.2) is 24.5 Å². The molecule has 0 aliphatic carbocycles. The van der Waals surface area contributed by atoms with Crippen molar-refractivity contribution in [2.24, 2.45) is 0 Å². The lowest BCUT2D eigenvalue weighted by Gasteiger charge is -1.86. The Hall–Kier alpha value is -1.72. The highest BCUT2D eigenvalue weighted by Gasteiger charge is 2.04. The number of nitrogen functional groups attached to an aromatic ring is 1. The van der Waals surface area contributed by atoms with Gasteiger partial charge in [-0.15, -0.1) is 0 Å². The molecule has 0 aromatic carbocycles. The quantitative estimate of drug-likeness (QED) is 0.475. The third-order valence-corrected chi connectivity index (χ3v) is 1.25. The minimum Gasteiger partial charge on any atom is -0.425 e. The minimum atomic E-state index is 0.264. The highest BCUT2D eigenvalue weighted by atomic mass is 16.5. The molecule has 2 rings (SSSR count). The SMILES string of the molecule is Nc1ncn2ncn(O)c12. The molecule has 2 aromatic heterocycles. The first kappa shape index (κ1) is 5.10. The predicted octanol–water partition coefficient (Wildman–Crippen LogP) is -0.650. The lowest BCUT2D eigenvalue weighted by Crippen LogP contribution is -1.92. The van der Waals surface area contributed by atoms with E-state index in [9.17, 15) is 0 Å². The fraction of sp³-hybridized carbons (Fsp3) is 0. The molecular weight excluding hydrogens is 134 g/mol. The second-order valence-corrected chi connectivity index (χ2v) is 1.87. The number of aromatic nitrogens is 4. The van der Waals surface area contributed by atoms with Gasteiger partial charge in [0.2, 0.25) is 5.65 Å². The molecule has 0 fully saturated rings. The van der Waals surface area contributed by atoms with Gasteiger partial charge in [0.25, 0.3) is 0 Å². The smallest absolute Gasteiger partial charge is 0.215 e. The Morgan fingerprint density at radius 3 is 3.00 bits per heavy atom. The van der Waals surface area contributed by atoms with Crippen molar-refractivity contribution < 1.29 is 5.21 Å². The van der Waals surface area contributed by atoms with E-state index < -0.39 is 0 Å². The standard InChI is InChI=1S/C4H5N5O/c5-3-4-8(1-6-3)7-2-9(4)10/h1-2,10H,5H2. The van der Waals surface area contributed by atoms with E-state index in [0.29, 0.717) is 5.65 Å². The van der Waals surface area contributed by atoms with Crippen LogP contribution in [-0.2, 0) is 0 Å². The largest absolute Gasteiger partial charge is 0.425 e. The van der Waals surface area contributed by atoms with E-state index in [4.69, 9.17) is 10.9 Å². The van der Waals surface area contributed by atoms with Gasteiger partial charge in [0, 0.05) is 0 Å². The molecule has 0 saturated carbocycles. The number of anilines is 1. The third kappa shape index (κ3) is 0.426. The monoisotopic (exact) mass is 139 g/mol. The van der Waals surface area contributed by atoms with Crippen molar-refractivity contribution in [3.8, 4) is 0 Å². The predicted molar refractivity (Wildman–Crippen MR) is 32.6 cm³/mol. The lowest BCUT2D eigenvalue weighted by molar-refractivity contribution is 0.197. The van der Waals surface area contributed by atoms with Gasteiger partial charge in [-0.05, 0) is 0 Å². The molecule has 0 aliphatic heterocycles. The minimum absolute atomic E-state index is 0.264. The van der Waals surface area contributed by atoms with Crippen molar-refractivity contribution in [1.29, 1.82) is 0 Å². The molecule has 0 spiro atoms. The van der Waals surface area contributed by atoms with Crippen LogP contribution in [0.25, 0.3) is 5.65 Å². The van der Waals surface area contributed by atoms with Crippen molar-refractivity contribution in [2.45, 2.75) is 0 Å². The number of rotatable bonds is 0. The summed E-state index contributed by atoms with van der Waals surface area (Å²) in [5, 5.41) is 12.7.